The first kappa shape index (κ1) is 17.7. The molecule has 3 rings (SSSR count). The molecule has 1 aromatic heterocycles. The molecule has 1 atom stereocenters. The third-order valence-electron chi connectivity index (χ3n) is 4.81. The Morgan fingerprint density at radius 3 is 2.64 bits per heavy atom. The van der Waals surface area contributed by atoms with Gasteiger partial charge in [-0.1, -0.05) is 12.1 Å². The van der Waals surface area contributed by atoms with Crippen LogP contribution in [0.1, 0.15) is 23.4 Å². The summed E-state index contributed by atoms with van der Waals surface area (Å²) in [6, 6.07) is 7.94. The molecule has 2 heterocycles. The second kappa shape index (κ2) is 6.63. The molecule has 1 aliphatic heterocycles. The van der Waals surface area contributed by atoms with Crippen LogP contribution in [0.5, 0.6) is 0 Å². The van der Waals surface area contributed by atoms with Crippen molar-refractivity contribution >= 4 is 27.2 Å². The number of aryl methyl sites for hydroxylation is 2. The first-order chi connectivity index (χ1) is 11.7. The summed E-state index contributed by atoms with van der Waals surface area (Å²) in [5.74, 6) is 2.54. The molecule has 1 N–H and O–H groups in total. The Hall–Kier alpha value is -2.15. The van der Waals surface area contributed by atoms with Gasteiger partial charge in [0, 0.05) is 24.8 Å². The highest BCUT2D eigenvalue weighted by Crippen LogP contribution is 2.26. The van der Waals surface area contributed by atoms with Gasteiger partial charge < -0.3 is 10.2 Å². The van der Waals surface area contributed by atoms with Crippen molar-refractivity contribution in [1.29, 1.82) is 0 Å². The molecule has 0 saturated carbocycles. The van der Waals surface area contributed by atoms with Crippen LogP contribution in [0.2, 0.25) is 0 Å². The van der Waals surface area contributed by atoms with Gasteiger partial charge in [-0.15, -0.1) is 0 Å². The van der Waals surface area contributed by atoms with Crippen LogP contribution in [-0.4, -0.2) is 43.0 Å². The monoisotopic (exact) mass is 360 g/mol. The Bertz CT molecular complexity index is 896. The fraction of sp³-hybridized carbons (Fsp3) is 0.444. The molecule has 0 aliphatic carbocycles. The Kier molecular flexibility index (Phi) is 4.69. The molecule has 0 bridgehead atoms. The molecular weight excluding hydrogens is 336 g/mol. The zero-order valence-electron chi connectivity index (χ0n) is 15.1. The maximum Gasteiger partial charge on any atom is 0.152 e. The van der Waals surface area contributed by atoms with Gasteiger partial charge in [0.25, 0.3) is 0 Å². The van der Waals surface area contributed by atoms with Gasteiger partial charge >= 0.3 is 0 Å². The van der Waals surface area contributed by atoms with Gasteiger partial charge in [0.2, 0.25) is 0 Å². The highest BCUT2D eigenvalue weighted by atomic mass is 32.2. The predicted molar refractivity (Wildman–Crippen MR) is 101 cm³/mol. The van der Waals surface area contributed by atoms with Crippen LogP contribution in [-0.2, 0) is 9.84 Å². The van der Waals surface area contributed by atoms with Gasteiger partial charge in [-0.3, -0.25) is 0 Å². The second-order valence-corrected chi connectivity index (χ2v) is 8.93. The molecule has 1 fully saturated rings. The standard InChI is InChI=1S/C18H24N4O2S/c1-12-6-5-7-16(13(12)2)21-17-10-18(20-14(3)19-17)22(4)15-8-9-25(23,24)11-15/h5-7,10,15H,8-9,11H2,1-4H3,(H,19,20,21). The van der Waals surface area contributed by atoms with Crippen LogP contribution in [0.15, 0.2) is 24.3 Å². The van der Waals surface area contributed by atoms with E-state index in [9.17, 15) is 8.42 Å². The molecule has 0 amide bonds. The maximum atomic E-state index is 11.7. The molecule has 1 aliphatic rings. The van der Waals surface area contributed by atoms with E-state index in [1.54, 1.807) is 0 Å². The van der Waals surface area contributed by atoms with E-state index in [0.717, 1.165) is 11.5 Å². The summed E-state index contributed by atoms with van der Waals surface area (Å²) in [7, 11) is -1.03. The van der Waals surface area contributed by atoms with Crippen LogP contribution in [0, 0.1) is 20.8 Å². The smallest absolute Gasteiger partial charge is 0.152 e. The number of hydrogen-bond donors (Lipinski definition) is 1. The number of rotatable bonds is 4. The fourth-order valence-corrected chi connectivity index (χ4v) is 4.86. The number of anilines is 3. The van der Waals surface area contributed by atoms with E-state index >= 15 is 0 Å². The van der Waals surface area contributed by atoms with Crippen LogP contribution >= 0.6 is 0 Å². The summed E-state index contributed by atoms with van der Waals surface area (Å²) in [6.45, 7) is 5.99. The molecule has 2 aromatic rings. The Morgan fingerprint density at radius 1 is 1.20 bits per heavy atom. The number of hydrogen-bond acceptors (Lipinski definition) is 6. The summed E-state index contributed by atoms with van der Waals surface area (Å²) in [4.78, 5) is 10.9. The summed E-state index contributed by atoms with van der Waals surface area (Å²) >= 11 is 0. The zero-order chi connectivity index (χ0) is 18.2. The summed E-state index contributed by atoms with van der Waals surface area (Å²) in [5, 5.41) is 3.36. The molecule has 0 radical (unpaired) electrons. The highest BCUT2D eigenvalue weighted by molar-refractivity contribution is 7.91. The van der Waals surface area contributed by atoms with Gasteiger partial charge in [0.15, 0.2) is 9.84 Å². The highest BCUT2D eigenvalue weighted by Gasteiger charge is 2.31. The van der Waals surface area contributed by atoms with Gasteiger partial charge in [-0.25, -0.2) is 18.4 Å². The van der Waals surface area contributed by atoms with E-state index in [-0.39, 0.29) is 17.5 Å². The number of nitrogens with zero attached hydrogens (tertiary/aromatic N) is 3. The van der Waals surface area contributed by atoms with Gasteiger partial charge in [-0.2, -0.15) is 0 Å². The normalized spacial score (nSPS) is 19.0. The SMILES string of the molecule is Cc1nc(Nc2cccc(C)c2C)cc(N(C)C2CCS(=O)(=O)C2)n1. The minimum Gasteiger partial charge on any atom is -0.355 e. The van der Waals surface area contributed by atoms with Gasteiger partial charge in [-0.05, 0) is 44.4 Å². The molecule has 134 valence electrons. The minimum atomic E-state index is -2.93. The molecule has 7 heteroatoms. The molecule has 25 heavy (non-hydrogen) atoms. The first-order valence-corrected chi connectivity index (χ1v) is 10.2. The van der Waals surface area contributed by atoms with Crippen LogP contribution in [0.25, 0.3) is 0 Å². The summed E-state index contributed by atoms with van der Waals surface area (Å²) in [6.07, 6.45) is 0.641. The van der Waals surface area contributed by atoms with Crippen molar-refractivity contribution < 1.29 is 8.42 Å². The second-order valence-electron chi connectivity index (χ2n) is 6.70. The van der Waals surface area contributed by atoms with Crippen molar-refractivity contribution in [2.45, 2.75) is 33.2 Å². The Balaban J connectivity index is 1.87. The number of nitrogens with one attached hydrogen (secondary N) is 1. The fourth-order valence-electron chi connectivity index (χ4n) is 3.09. The molecule has 6 nitrogen and oxygen atoms in total. The Morgan fingerprint density at radius 2 is 1.96 bits per heavy atom. The van der Waals surface area contributed by atoms with Crippen molar-refractivity contribution in [2.24, 2.45) is 0 Å². The minimum absolute atomic E-state index is 0.0344. The zero-order valence-corrected chi connectivity index (χ0v) is 15.9. The third kappa shape index (κ3) is 3.92. The lowest BCUT2D eigenvalue weighted by molar-refractivity contribution is 0.600. The van der Waals surface area contributed by atoms with Gasteiger partial charge in [0.05, 0.1) is 11.5 Å². The number of aromatic nitrogens is 2. The lowest BCUT2D eigenvalue weighted by atomic mass is 10.1. The van der Waals surface area contributed by atoms with Crippen LogP contribution < -0.4 is 10.2 Å². The molecule has 0 spiro atoms. The lowest BCUT2D eigenvalue weighted by Gasteiger charge is -2.25. The predicted octanol–water partition coefficient (Wildman–Crippen LogP) is 2.77. The van der Waals surface area contributed by atoms with Crippen LogP contribution in [0.4, 0.5) is 17.3 Å². The average Bonchev–Trinajstić information content (AvgIpc) is 2.90. The first-order valence-electron chi connectivity index (χ1n) is 8.37. The number of sulfone groups is 1. The van der Waals surface area contributed by atoms with Crippen molar-refractivity contribution in [3.05, 3.63) is 41.2 Å². The van der Waals surface area contributed by atoms with E-state index in [1.807, 2.05) is 37.1 Å². The van der Waals surface area contributed by atoms with Crippen molar-refractivity contribution in [2.75, 3.05) is 28.8 Å². The molecule has 1 aromatic carbocycles. The van der Waals surface area contributed by atoms with E-state index in [1.165, 1.54) is 11.1 Å². The largest absolute Gasteiger partial charge is 0.355 e. The third-order valence-corrected chi connectivity index (χ3v) is 6.56. The quantitative estimate of drug-likeness (QED) is 0.904. The van der Waals surface area contributed by atoms with Gasteiger partial charge in [0.1, 0.15) is 17.5 Å². The van der Waals surface area contributed by atoms with Crippen molar-refractivity contribution in [3.8, 4) is 0 Å². The van der Waals surface area contributed by atoms with E-state index in [4.69, 9.17) is 0 Å². The van der Waals surface area contributed by atoms with E-state index in [2.05, 4.69) is 35.2 Å². The summed E-state index contributed by atoms with van der Waals surface area (Å²) < 4.78 is 23.5. The summed E-state index contributed by atoms with van der Waals surface area (Å²) in [5.41, 5.74) is 3.40. The van der Waals surface area contributed by atoms with Crippen LogP contribution in [0.3, 0.4) is 0 Å². The average molecular weight is 360 g/mol. The number of benzene rings is 1. The van der Waals surface area contributed by atoms with Crippen molar-refractivity contribution in [1.82, 2.24) is 9.97 Å². The van der Waals surface area contributed by atoms with E-state index in [0.29, 0.717) is 18.1 Å². The van der Waals surface area contributed by atoms with E-state index < -0.39 is 9.84 Å². The molecule has 1 unspecified atom stereocenters. The van der Waals surface area contributed by atoms with Crippen molar-refractivity contribution in [3.63, 3.8) is 0 Å². The Labute approximate surface area is 149 Å². The molecule has 1 saturated heterocycles. The topological polar surface area (TPSA) is 75.2 Å². The lowest BCUT2D eigenvalue weighted by Crippen LogP contribution is -2.33. The maximum absolute atomic E-state index is 11.7. The molecular formula is C18H24N4O2S.